The second kappa shape index (κ2) is 10.2. The van der Waals surface area contributed by atoms with Crippen molar-refractivity contribution in [3.8, 4) is 11.1 Å². The van der Waals surface area contributed by atoms with Crippen LogP contribution in [-0.4, -0.2) is 63.9 Å². The number of carbonyl (C=O) groups excluding carboxylic acids is 1. The van der Waals surface area contributed by atoms with Crippen molar-refractivity contribution in [2.24, 2.45) is 16.5 Å². The molecule has 1 fully saturated rings. The van der Waals surface area contributed by atoms with Crippen LogP contribution < -0.4 is 16.8 Å². The second-order valence-electron chi connectivity index (χ2n) is 8.09. The summed E-state index contributed by atoms with van der Waals surface area (Å²) in [5, 5.41) is 12.4. The normalized spacial score (nSPS) is 20.0. The molecule has 0 saturated carbocycles. The number of aliphatic hydroxyl groups excluding tert-OH is 1. The fourth-order valence-electron chi connectivity index (χ4n) is 3.93. The van der Waals surface area contributed by atoms with Crippen LogP contribution in [0.3, 0.4) is 0 Å². The van der Waals surface area contributed by atoms with Crippen molar-refractivity contribution < 1.29 is 14.6 Å². The number of hydrogen-bond acceptors (Lipinski definition) is 9. The van der Waals surface area contributed by atoms with Crippen molar-refractivity contribution in [3.63, 3.8) is 0 Å². The van der Waals surface area contributed by atoms with E-state index in [4.69, 9.17) is 16.2 Å². The maximum Gasteiger partial charge on any atom is 0.250 e. The highest BCUT2D eigenvalue weighted by atomic mass is 16.6. The first-order chi connectivity index (χ1) is 16.0. The molecule has 3 heterocycles. The molecule has 4 rings (SSSR count). The van der Waals surface area contributed by atoms with Crippen LogP contribution in [0.15, 0.2) is 41.2 Å². The lowest BCUT2D eigenvalue weighted by atomic mass is 10.0. The number of amidine groups is 1. The molecule has 1 aromatic heterocycles. The third-order valence-electron chi connectivity index (χ3n) is 5.54. The molecule has 2 aromatic rings. The minimum Gasteiger partial charge on any atom is -0.387 e. The largest absolute Gasteiger partial charge is 0.387 e. The van der Waals surface area contributed by atoms with Gasteiger partial charge in [0.05, 0.1) is 18.3 Å². The quantitative estimate of drug-likeness (QED) is 0.484. The highest BCUT2D eigenvalue weighted by Crippen LogP contribution is 2.31. The Morgan fingerprint density at radius 1 is 1.30 bits per heavy atom. The summed E-state index contributed by atoms with van der Waals surface area (Å²) < 4.78 is 5.41. The molecule has 33 heavy (non-hydrogen) atoms. The zero-order chi connectivity index (χ0) is 23.4. The van der Waals surface area contributed by atoms with Gasteiger partial charge in [0, 0.05) is 55.1 Å². The molecule has 1 amide bonds. The topological polar surface area (TPSA) is 152 Å². The number of nitrogens with one attached hydrogen (secondary N) is 1. The lowest BCUT2D eigenvalue weighted by Gasteiger charge is -2.26. The minimum absolute atomic E-state index is 0.109. The molecule has 2 unspecified atom stereocenters. The fourth-order valence-corrected chi connectivity index (χ4v) is 3.93. The van der Waals surface area contributed by atoms with Crippen LogP contribution >= 0.6 is 0 Å². The Bertz CT molecular complexity index is 1070. The highest BCUT2D eigenvalue weighted by molar-refractivity contribution is 6.05. The van der Waals surface area contributed by atoms with Crippen LogP contribution in [0.5, 0.6) is 0 Å². The monoisotopic (exact) mass is 451 g/mol. The van der Waals surface area contributed by atoms with Crippen molar-refractivity contribution >= 4 is 23.5 Å². The molecule has 174 valence electrons. The average molecular weight is 452 g/mol. The van der Waals surface area contributed by atoms with Crippen molar-refractivity contribution in [1.29, 1.82) is 0 Å². The smallest absolute Gasteiger partial charge is 0.250 e. The molecule has 6 N–H and O–H groups in total. The number of nitrogens with two attached hydrogens (primary N) is 2. The van der Waals surface area contributed by atoms with Crippen molar-refractivity contribution in [2.45, 2.75) is 38.8 Å². The number of rotatable bonds is 7. The van der Waals surface area contributed by atoms with E-state index >= 15 is 0 Å². The van der Waals surface area contributed by atoms with Crippen LogP contribution in [0.4, 0.5) is 5.69 Å². The van der Waals surface area contributed by atoms with Gasteiger partial charge in [-0.1, -0.05) is 19.1 Å². The zero-order valence-electron chi connectivity index (χ0n) is 18.6. The molecule has 2 aliphatic rings. The van der Waals surface area contributed by atoms with E-state index < -0.39 is 6.41 Å². The van der Waals surface area contributed by atoms with Gasteiger partial charge < -0.3 is 26.2 Å². The first kappa shape index (κ1) is 23.0. The molecule has 0 aliphatic carbocycles. The number of hydrogen-bond donors (Lipinski definition) is 4. The summed E-state index contributed by atoms with van der Waals surface area (Å²) in [6.45, 7) is 3.75. The molecule has 0 spiro atoms. The van der Waals surface area contributed by atoms with Gasteiger partial charge in [-0.2, -0.15) is 0 Å². The Balaban J connectivity index is 1.59. The molecule has 1 saturated heterocycles. The van der Waals surface area contributed by atoms with Crippen LogP contribution in [0.2, 0.25) is 0 Å². The Labute approximate surface area is 192 Å². The van der Waals surface area contributed by atoms with E-state index in [1.165, 1.54) is 0 Å². The van der Waals surface area contributed by atoms with Gasteiger partial charge in [0.25, 0.3) is 0 Å². The molecule has 2 aliphatic heterocycles. The van der Waals surface area contributed by atoms with E-state index in [9.17, 15) is 9.90 Å². The van der Waals surface area contributed by atoms with Gasteiger partial charge in [0.1, 0.15) is 11.7 Å². The predicted molar refractivity (Wildman–Crippen MR) is 125 cm³/mol. The lowest BCUT2D eigenvalue weighted by Crippen LogP contribution is -2.40. The zero-order valence-corrected chi connectivity index (χ0v) is 18.6. The summed E-state index contributed by atoms with van der Waals surface area (Å²) in [4.78, 5) is 28.2. The van der Waals surface area contributed by atoms with Gasteiger partial charge in [-0.3, -0.25) is 10.1 Å². The standard InChI is InChI=1S/C23H29N7O3/c1-2-5-30(13-18-12-28-23(32)33-18)22(31)16-6-15-4-3-14(7-19(15)29-20(25)8-16)17-10-26-21(9-24)27-11-17/h3-4,6-7,10-11,18,23,28,32H,2,5,8-9,12-13,24H2,1H3,(H2,25,29). The summed E-state index contributed by atoms with van der Waals surface area (Å²) >= 11 is 0. The maximum atomic E-state index is 13.4. The van der Waals surface area contributed by atoms with Gasteiger partial charge in [-0.05, 0) is 24.1 Å². The van der Waals surface area contributed by atoms with E-state index in [-0.39, 0.29) is 25.0 Å². The summed E-state index contributed by atoms with van der Waals surface area (Å²) in [6.07, 6.45) is 5.10. The Hall–Kier alpha value is -3.18. The Kier molecular flexibility index (Phi) is 7.09. The van der Waals surface area contributed by atoms with Gasteiger partial charge in [-0.15, -0.1) is 0 Å². The van der Waals surface area contributed by atoms with Gasteiger partial charge >= 0.3 is 0 Å². The number of carbonyl (C=O) groups is 1. The number of nitrogens with zero attached hydrogens (tertiary/aromatic N) is 4. The van der Waals surface area contributed by atoms with Crippen molar-refractivity contribution in [1.82, 2.24) is 20.2 Å². The molecule has 10 heteroatoms. The number of amides is 1. The molecular formula is C23H29N7O3. The first-order valence-corrected chi connectivity index (χ1v) is 11.0. The molecule has 1 aromatic carbocycles. The van der Waals surface area contributed by atoms with E-state index in [0.29, 0.717) is 42.6 Å². The summed E-state index contributed by atoms with van der Waals surface area (Å²) in [7, 11) is 0. The number of fused-ring (bicyclic) bond motifs is 1. The summed E-state index contributed by atoms with van der Waals surface area (Å²) in [5.41, 5.74) is 15.6. The van der Waals surface area contributed by atoms with Crippen LogP contribution in [-0.2, 0) is 16.1 Å². The van der Waals surface area contributed by atoms with Gasteiger partial charge in [-0.25, -0.2) is 15.0 Å². The van der Waals surface area contributed by atoms with E-state index in [2.05, 4.69) is 20.3 Å². The number of aliphatic imine (C=N–C) groups is 1. The van der Waals surface area contributed by atoms with Gasteiger partial charge in [0.2, 0.25) is 12.3 Å². The minimum atomic E-state index is -0.994. The summed E-state index contributed by atoms with van der Waals surface area (Å²) in [5.74, 6) is 0.834. The van der Waals surface area contributed by atoms with E-state index in [1.54, 1.807) is 17.3 Å². The third kappa shape index (κ3) is 5.42. The maximum absolute atomic E-state index is 13.4. The number of aliphatic hydroxyl groups is 1. The van der Waals surface area contributed by atoms with E-state index in [1.807, 2.05) is 31.2 Å². The molecule has 10 nitrogen and oxygen atoms in total. The summed E-state index contributed by atoms with van der Waals surface area (Å²) in [6, 6.07) is 5.77. The lowest BCUT2D eigenvalue weighted by molar-refractivity contribution is -0.133. The van der Waals surface area contributed by atoms with Crippen molar-refractivity contribution in [3.05, 3.63) is 47.6 Å². The van der Waals surface area contributed by atoms with Crippen LogP contribution in [0, 0.1) is 0 Å². The average Bonchev–Trinajstić information content (AvgIpc) is 3.14. The van der Waals surface area contributed by atoms with Crippen LogP contribution in [0.25, 0.3) is 17.2 Å². The number of aromatic nitrogens is 2. The molecule has 0 bridgehead atoms. The number of benzene rings is 1. The van der Waals surface area contributed by atoms with Crippen molar-refractivity contribution in [2.75, 3.05) is 19.6 Å². The SMILES string of the molecule is CCCN(CC1CNC(O)O1)C(=O)C1=Cc2ccc(-c3cnc(CN)nc3)cc2N=C(N)C1. The van der Waals surface area contributed by atoms with Crippen LogP contribution in [0.1, 0.15) is 31.2 Å². The van der Waals surface area contributed by atoms with E-state index in [0.717, 1.165) is 23.1 Å². The molecule has 2 atom stereocenters. The first-order valence-electron chi connectivity index (χ1n) is 11.0. The highest BCUT2D eigenvalue weighted by Gasteiger charge is 2.28. The number of ether oxygens (including phenoxy) is 1. The third-order valence-corrected chi connectivity index (χ3v) is 5.54. The Morgan fingerprint density at radius 3 is 2.76 bits per heavy atom. The Morgan fingerprint density at radius 2 is 2.09 bits per heavy atom. The molecule has 0 radical (unpaired) electrons. The molecular weight excluding hydrogens is 422 g/mol. The fraction of sp³-hybridized carbons (Fsp3) is 0.391. The predicted octanol–water partition coefficient (Wildman–Crippen LogP) is 0.881. The second-order valence-corrected chi connectivity index (χ2v) is 8.09. The van der Waals surface area contributed by atoms with Gasteiger partial charge in [0.15, 0.2) is 0 Å².